The van der Waals surface area contributed by atoms with Crippen molar-refractivity contribution in [2.75, 3.05) is 20.1 Å². The molecule has 0 spiro atoms. The molecule has 1 amide bonds. The zero-order valence-corrected chi connectivity index (χ0v) is 20.0. The molecule has 2 heterocycles. The van der Waals surface area contributed by atoms with Crippen molar-refractivity contribution < 1.29 is 17.7 Å². The molecule has 174 valence electrons. The van der Waals surface area contributed by atoms with Crippen LogP contribution in [0.1, 0.15) is 24.3 Å². The number of halogens is 1. The van der Waals surface area contributed by atoms with Crippen molar-refractivity contribution in [3.8, 4) is 11.4 Å². The van der Waals surface area contributed by atoms with Gasteiger partial charge in [-0.3, -0.25) is 4.79 Å². The number of carbonyl (C=O) groups is 1. The molecule has 4 rings (SSSR count). The third kappa shape index (κ3) is 5.26. The van der Waals surface area contributed by atoms with Crippen molar-refractivity contribution in [3.05, 3.63) is 65.0 Å². The second-order valence-electron chi connectivity index (χ2n) is 8.23. The largest absolute Gasteiger partial charge is 0.337 e. The minimum atomic E-state index is -3.70. The van der Waals surface area contributed by atoms with Crippen molar-refractivity contribution >= 4 is 27.5 Å². The van der Waals surface area contributed by atoms with Crippen LogP contribution in [0.5, 0.6) is 0 Å². The molecular weight excluding hydrogens is 464 g/mol. The monoisotopic (exact) mass is 488 g/mol. The first-order valence-corrected chi connectivity index (χ1v) is 12.5. The molecule has 1 unspecified atom stereocenters. The molecule has 8 nitrogen and oxygen atoms in total. The first kappa shape index (κ1) is 23.4. The van der Waals surface area contributed by atoms with Crippen molar-refractivity contribution in [1.82, 2.24) is 19.3 Å². The van der Waals surface area contributed by atoms with Crippen LogP contribution in [0.4, 0.5) is 0 Å². The normalized spacial score (nSPS) is 17.1. The molecule has 0 bridgehead atoms. The summed E-state index contributed by atoms with van der Waals surface area (Å²) >= 11 is 5.88. The van der Waals surface area contributed by atoms with Gasteiger partial charge >= 0.3 is 0 Å². The molecule has 33 heavy (non-hydrogen) atoms. The van der Waals surface area contributed by atoms with Crippen LogP contribution in [0.15, 0.2) is 57.9 Å². The van der Waals surface area contributed by atoms with Gasteiger partial charge in [0.1, 0.15) is 0 Å². The highest BCUT2D eigenvalue weighted by Crippen LogP contribution is 2.26. The number of benzene rings is 2. The second kappa shape index (κ2) is 9.62. The van der Waals surface area contributed by atoms with E-state index in [0.29, 0.717) is 36.1 Å². The number of hydrogen-bond donors (Lipinski definition) is 0. The summed E-state index contributed by atoms with van der Waals surface area (Å²) in [5.74, 6) is 0.193. The summed E-state index contributed by atoms with van der Waals surface area (Å²) in [6, 6.07) is 13.8. The fourth-order valence-electron chi connectivity index (χ4n) is 3.85. The number of aryl methyl sites for hydroxylation is 1. The molecule has 1 fully saturated rings. The van der Waals surface area contributed by atoms with E-state index in [0.717, 1.165) is 11.1 Å². The van der Waals surface area contributed by atoms with E-state index < -0.39 is 15.9 Å². The molecule has 0 N–H and O–H groups in total. The Labute approximate surface area is 198 Å². The maximum atomic E-state index is 13.1. The smallest absolute Gasteiger partial charge is 0.246 e. The summed E-state index contributed by atoms with van der Waals surface area (Å²) < 4.78 is 32.7. The Kier molecular flexibility index (Phi) is 6.83. The third-order valence-electron chi connectivity index (χ3n) is 5.71. The molecule has 1 saturated heterocycles. The Morgan fingerprint density at radius 3 is 2.58 bits per heavy atom. The quantitative estimate of drug-likeness (QED) is 0.524. The molecular formula is C23H25ClN4O4S. The zero-order valence-electron chi connectivity index (χ0n) is 18.4. The molecule has 0 radical (unpaired) electrons. The van der Waals surface area contributed by atoms with E-state index in [4.69, 9.17) is 16.1 Å². The standard InChI is InChI=1S/C23H25ClN4O4S/c1-16-5-7-17(8-6-16)22-25-21(32-26-22)15-27(2)23(29)18-4-3-13-28(14-18)33(30,31)20-11-9-19(24)10-12-20/h5-12,18H,3-4,13-15H2,1-2H3. The van der Waals surface area contributed by atoms with Crippen LogP contribution in [0, 0.1) is 12.8 Å². The molecule has 0 saturated carbocycles. The summed E-state index contributed by atoms with van der Waals surface area (Å²) in [4.78, 5) is 19.1. The van der Waals surface area contributed by atoms with Gasteiger partial charge in [-0.25, -0.2) is 8.42 Å². The molecule has 1 aliphatic rings. The van der Waals surface area contributed by atoms with Gasteiger partial charge in [-0.15, -0.1) is 0 Å². The lowest BCUT2D eigenvalue weighted by Crippen LogP contribution is -2.45. The molecule has 10 heteroatoms. The van der Waals surface area contributed by atoms with E-state index in [1.54, 1.807) is 19.2 Å². The van der Waals surface area contributed by atoms with Gasteiger partial charge in [-0.05, 0) is 44.0 Å². The van der Waals surface area contributed by atoms with Gasteiger partial charge in [0.25, 0.3) is 0 Å². The van der Waals surface area contributed by atoms with Gasteiger partial charge in [-0.2, -0.15) is 9.29 Å². The maximum absolute atomic E-state index is 13.1. The molecule has 1 atom stereocenters. The van der Waals surface area contributed by atoms with Crippen molar-refractivity contribution in [1.29, 1.82) is 0 Å². The van der Waals surface area contributed by atoms with Crippen LogP contribution in [-0.4, -0.2) is 53.8 Å². The predicted octanol–water partition coefficient (Wildman–Crippen LogP) is 3.76. The average Bonchev–Trinajstić information content (AvgIpc) is 3.27. The topological polar surface area (TPSA) is 96.6 Å². The van der Waals surface area contributed by atoms with Crippen LogP contribution in [0.3, 0.4) is 0 Å². The minimum absolute atomic E-state index is 0.132. The van der Waals surface area contributed by atoms with E-state index in [1.807, 2.05) is 31.2 Å². The van der Waals surface area contributed by atoms with Gasteiger partial charge in [-0.1, -0.05) is 46.6 Å². The fourth-order valence-corrected chi connectivity index (χ4v) is 5.50. The zero-order chi connectivity index (χ0) is 23.6. The van der Waals surface area contributed by atoms with Crippen LogP contribution in [-0.2, 0) is 21.4 Å². The number of rotatable bonds is 6. The fraction of sp³-hybridized carbons (Fsp3) is 0.348. The second-order valence-corrected chi connectivity index (χ2v) is 10.6. The van der Waals surface area contributed by atoms with Crippen LogP contribution >= 0.6 is 11.6 Å². The lowest BCUT2D eigenvalue weighted by Gasteiger charge is -2.33. The lowest BCUT2D eigenvalue weighted by atomic mass is 9.98. The Balaban J connectivity index is 1.41. The van der Waals surface area contributed by atoms with Crippen LogP contribution < -0.4 is 0 Å². The summed E-state index contributed by atoms with van der Waals surface area (Å²) in [5, 5.41) is 4.47. The van der Waals surface area contributed by atoms with Crippen molar-refractivity contribution in [2.24, 2.45) is 5.92 Å². The van der Waals surface area contributed by atoms with Gasteiger partial charge in [0, 0.05) is 30.7 Å². The molecule has 1 aliphatic heterocycles. The van der Waals surface area contributed by atoms with Crippen molar-refractivity contribution in [3.63, 3.8) is 0 Å². The summed E-state index contributed by atoms with van der Waals surface area (Å²) in [7, 11) is -2.04. The number of aromatic nitrogens is 2. The Morgan fingerprint density at radius 2 is 1.88 bits per heavy atom. The number of carbonyl (C=O) groups excluding carboxylic acids is 1. The van der Waals surface area contributed by atoms with Gasteiger partial charge in [0.15, 0.2) is 0 Å². The molecule has 0 aliphatic carbocycles. The summed E-state index contributed by atoms with van der Waals surface area (Å²) in [6.45, 7) is 2.66. The van der Waals surface area contributed by atoms with Gasteiger partial charge in [0.05, 0.1) is 17.4 Å². The Morgan fingerprint density at radius 1 is 1.18 bits per heavy atom. The lowest BCUT2D eigenvalue weighted by molar-refractivity contribution is -0.136. The van der Waals surface area contributed by atoms with Gasteiger partial charge in [0.2, 0.25) is 27.6 Å². The predicted molar refractivity (Wildman–Crippen MR) is 124 cm³/mol. The summed E-state index contributed by atoms with van der Waals surface area (Å²) in [6.07, 6.45) is 1.23. The number of piperidine rings is 1. The van der Waals surface area contributed by atoms with E-state index >= 15 is 0 Å². The molecule has 2 aromatic carbocycles. The van der Waals surface area contributed by atoms with E-state index in [1.165, 1.54) is 21.3 Å². The number of amides is 1. The van der Waals surface area contributed by atoms with Gasteiger partial charge < -0.3 is 9.42 Å². The van der Waals surface area contributed by atoms with Crippen LogP contribution in [0.2, 0.25) is 5.02 Å². The van der Waals surface area contributed by atoms with E-state index in [-0.39, 0.29) is 23.9 Å². The third-order valence-corrected chi connectivity index (χ3v) is 7.84. The van der Waals surface area contributed by atoms with Crippen molar-refractivity contribution in [2.45, 2.75) is 31.2 Å². The van der Waals surface area contributed by atoms with E-state index in [2.05, 4.69) is 10.1 Å². The summed E-state index contributed by atoms with van der Waals surface area (Å²) in [5.41, 5.74) is 1.97. The highest BCUT2D eigenvalue weighted by Gasteiger charge is 2.34. The molecule has 3 aromatic rings. The Hall–Kier alpha value is -2.75. The number of sulfonamides is 1. The highest BCUT2D eigenvalue weighted by molar-refractivity contribution is 7.89. The number of nitrogens with zero attached hydrogens (tertiary/aromatic N) is 4. The maximum Gasteiger partial charge on any atom is 0.246 e. The SMILES string of the molecule is Cc1ccc(-c2noc(CN(C)C(=O)C3CCCN(S(=O)(=O)c4ccc(Cl)cc4)C3)n2)cc1. The van der Waals surface area contributed by atoms with Crippen LogP contribution in [0.25, 0.3) is 11.4 Å². The first-order valence-electron chi connectivity index (χ1n) is 10.6. The highest BCUT2D eigenvalue weighted by atomic mass is 35.5. The average molecular weight is 489 g/mol. The number of hydrogen-bond acceptors (Lipinski definition) is 6. The molecule has 1 aromatic heterocycles. The minimum Gasteiger partial charge on any atom is -0.337 e. The first-order chi connectivity index (χ1) is 15.7. The van der Waals surface area contributed by atoms with E-state index in [9.17, 15) is 13.2 Å². The Bertz CT molecular complexity index is 1230.